The molecule has 0 radical (unpaired) electrons. The first-order chi connectivity index (χ1) is 9.82. The molecule has 0 N–H and O–H groups in total. The van der Waals surface area contributed by atoms with Gasteiger partial charge in [-0.25, -0.2) is 9.37 Å². The van der Waals surface area contributed by atoms with Crippen LogP contribution in [-0.4, -0.2) is 9.55 Å². The zero-order chi connectivity index (χ0) is 15.6. The Morgan fingerprint density at radius 3 is 2.57 bits per heavy atom. The van der Waals surface area contributed by atoms with Crippen LogP contribution in [0.25, 0.3) is 11.4 Å². The Bertz CT molecular complexity index is 772. The zero-order valence-corrected chi connectivity index (χ0v) is 10.5. The Balaban J connectivity index is 2.75. The molecule has 3 nitrogen and oxygen atoms in total. The lowest BCUT2D eigenvalue weighted by Crippen LogP contribution is -2.26. The van der Waals surface area contributed by atoms with Crippen LogP contribution in [0, 0.1) is 18.2 Å². The van der Waals surface area contributed by atoms with Crippen LogP contribution >= 0.6 is 0 Å². The van der Waals surface area contributed by atoms with Gasteiger partial charge in [0.2, 0.25) is 0 Å². The zero-order valence-electron chi connectivity index (χ0n) is 10.5. The molecular weight excluding hydrogens is 288 g/mol. The van der Waals surface area contributed by atoms with Crippen molar-refractivity contribution in [3.63, 3.8) is 0 Å². The second-order valence-corrected chi connectivity index (χ2v) is 4.10. The van der Waals surface area contributed by atoms with E-state index in [0.29, 0.717) is 6.07 Å². The number of rotatable bonds is 2. The monoisotopic (exact) mass is 296 g/mol. The van der Waals surface area contributed by atoms with Gasteiger partial charge in [0.1, 0.15) is 11.6 Å². The van der Waals surface area contributed by atoms with Gasteiger partial charge in [-0.2, -0.15) is 13.2 Å². The largest absolute Gasteiger partial charge is 0.433 e. The maximum absolute atomic E-state index is 13.2. The third-order valence-electron chi connectivity index (χ3n) is 2.63. The SMILES string of the molecule is C#CCn1c(-c2cccc(F)c2)nc(C(F)(F)F)cc1=O. The Morgan fingerprint density at radius 2 is 2.00 bits per heavy atom. The molecule has 0 amide bonds. The summed E-state index contributed by atoms with van der Waals surface area (Å²) in [5, 5.41) is 0. The summed E-state index contributed by atoms with van der Waals surface area (Å²) >= 11 is 0. The number of terminal acetylenes is 1. The van der Waals surface area contributed by atoms with Crippen LogP contribution < -0.4 is 5.56 Å². The minimum atomic E-state index is -4.78. The van der Waals surface area contributed by atoms with E-state index in [0.717, 1.165) is 16.7 Å². The Hall–Kier alpha value is -2.62. The lowest BCUT2D eigenvalue weighted by atomic mass is 10.2. The number of aromatic nitrogens is 2. The maximum atomic E-state index is 13.2. The van der Waals surface area contributed by atoms with Crippen LogP contribution in [0.15, 0.2) is 35.1 Å². The van der Waals surface area contributed by atoms with Gasteiger partial charge in [-0.05, 0) is 12.1 Å². The lowest BCUT2D eigenvalue weighted by molar-refractivity contribution is -0.141. The molecule has 0 bridgehead atoms. The smallest absolute Gasteiger partial charge is 0.281 e. The summed E-state index contributed by atoms with van der Waals surface area (Å²) in [5.74, 6) is 1.17. The molecule has 0 spiro atoms. The van der Waals surface area contributed by atoms with Crippen LogP contribution in [0.4, 0.5) is 17.6 Å². The molecule has 2 rings (SSSR count). The fourth-order valence-corrected chi connectivity index (χ4v) is 1.74. The third kappa shape index (κ3) is 3.11. The predicted octanol–water partition coefficient (Wildman–Crippen LogP) is 2.70. The van der Waals surface area contributed by atoms with Gasteiger partial charge in [-0.1, -0.05) is 18.1 Å². The average molecular weight is 296 g/mol. The molecular formula is C14H8F4N2O. The molecule has 0 aliphatic heterocycles. The van der Waals surface area contributed by atoms with Gasteiger partial charge in [0, 0.05) is 11.6 Å². The van der Waals surface area contributed by atoms with E-state index in [1.165, 1.54) is 12.1 Å². The second kappa shape index (κ2) is 5.40. The summed E-state index contributed by atoms with van der Waals surface area (Å²) in [7, 11) is 0. The number of alkyl halides is 3. The van der Waals surface area contributed by atoms with Gasteiger partial charge in [0.25, 0.3) is 5.56 Å². The molecule has 0 unspecified atom stereocenters. The molecule has 21 heavy (non-hydrogen) atoms. The summed E-state index contributed by atoms with van der Waals surface area (Å²) in [6, 6.07) is 5.12. The number of hydrogen-bond acceptors (Lipinski definition) is 2. The molecule has 0 saturated carbocycles. The molecule has 1 aromatic carbocycles. The van der Waals surface area contributed by atoms with Crippen LogP contribution in [0.1, 0.15) is 5.69 Å². The van der Waals surface area contributed by atoms with Crippen molar-refractivity contribution in [3.8, 4) is 23.7 Å². The summed E-state index contributed by atoms with van der Waals surface area (Å²) in [6.07, 6.45) is 0.315. The maximum Gasteiger partial charge on any atom is 0.433 e. The highest BCUT2D eigenvalue weighted by atomic mass is 19.4. The first-order valence-corrected chi connectivity index (χ1v) is 5.71. The first-order valence-electron chi connectivity index (χ1n) is 5.71. The minimum absolute atomic E-state index is 0.0356. The van der Waals surface area contributed by atoms with E-state index in [4.69, 9.17) is 6.42 Å². The van der Waals surface area contributed by atoms with E-state index in [9.17, 15) is 22.4 Å². The van der Waals surface area contributed by atoms with Crippen molar-refractivity contribution >= 4 is 0 Å². The van der Waals surface area contributed by atoms with Crippen LogP contribution in [-0.2, 0) is 12.7 Å². The van der Waals surface area contributed by atoms with Crippen molar-refractivity contribution in [2.24, 2.45) is 0 Å². The highest BCUT2D eigenvalue weighted by Crippen LogP contribution is 2.28. The van der Waals surface area contributed by atoms with E-state index in [1.54, 1.807) is 0 Å². The Kier molecular flexibility index (Phi) is 3.80. The van der Waals surface area contributed by atoms with Crippen molar-refractivity contribution < 1.29 is 17.6 Å². The van der Waals surface area contributed by atoms with E-state index in [1.807, 2.05) is 0 Å². The molecule has 7 heteroatoms. The van der Waals surface area contributed by atoms with Crippen LogP contribution in [0.3, 0.4) is 0 Å². The number of hydrogen-bond donors (Lipinski definition) is 0. The van der Waals surface area contributed by atoms with E-state index in [2.05, 4.69) is 10.9 Å². The van der Waals surface area contributed by atoms with Gasteiger partial charge >= 0.3 is 6.18 Å². The predicted molar refractivity (Wildman–Crippen MR) is 67.7 cm³/mol. The fourth-order valence-electron chi connectivity index (χ4n) is 1.74. The normalized spacial score (nSPS) is 11.2. The van der Waals surface area contributed by atoms with E-state index >= 15 is 0 Å². The molecule has 0 saturated heterocycles. The fraction of sp³-hybridized carbons (Fsp3) is 0.143. The third-order valence-corrected chi connectivity index (χ3v) is 2.63. The van der Waals surface area contributed by atoms with E-state index < -0.39 is 23.2 Å². The number of halogens is 4. The van der Waals surface area contributed by atoms with Crippen molar-refractivity contribution in [3.05, 3.63) is 52.2 Å². The summed E-state index contributed by atoms with van der Waals surface area (Å²) in [6.45, 7) is -0.268. The molecule has 0 aliphatic rings. The van der Waals surface area contributed by atoms with Gasteiger partial charge in [0.05, 0.1) is 6.54 Å². The van der Waals surface area contributed by atoms with Gasteiger partial charge in [-0.15, -0.1) is 6.42 Å². The summed E-state index contributed by atoms with van der Waals surface area (Å²) in [4.78, 5) is 15.2. The average Bonchev–Trinajstić information content (AvgIpc) is 2.39. The molecule has 1 aromatic heterocycles. The molecule has 0 fully saturated rings. The first kappa shape index (κ1) is 14.8. The molecule has 2 aromatic rings. The highest BCUT2D eigenvalue weighted by molar-refractivity contribution is 5.55. The Morgan fingerprint density at radius 1 is 1.29 bits per heavy atom. The highest BCUT2D eigenvalue weighted by Gasteiger charge is 2.34. The van der Waals surface area contributed by atoms with Gasteiger partial charge in [-0.3, -0.25) is 9.36 Å². The second-order valence-electron chi connectivity index (χ2n) is 4.10. The molecule has 0 atom stereocenters. The standard InChI is InChI=1S/C14H8F4N2O/c1-2-6-20-12(21)8-11(14(16,17)18)19-13(20)9-4-3-5-10(15)7-9/h1,3-5,7-8H,6H2. The van der Waals surface area contributed by atoms with Gasteiger partial charge in [0.15, 0.2) is 5.69 Å². The van der Waals surface area contributed by atoms with E-state index in [-0.39, 0.29) is 17.9 Å². The quantitative estimate of drug-likeness (QED) is 0.631. The summed E-state index contributed by atoms with van der Waals surface area (Å²) in [5.41, 5.74) is -2.26. The summed E-state index contributed by atoms with van der Waals surface area (Å²) < 4.78 is 52.3. The van der Waals surface area contributed by atoms with Crippen LogP contribution in [0.2, 0.25) is 0 Å². The van der Waals surface area contributed by atoms with Crippen molar-refractivity contribution in [2.45, 2.75) is 12.7 Å². The number of nitrogens with zero attached hydrogens (tertiary/aromatic N) is 2. The lowest BCUT2D eigenvalue weighted by Gasteiger charge is -2.13. The van der Waals surface area contributed by atoms with Crippen molar-refractivity contribution in [2.75, 3.05) is 0 Å². The topological polar surface area (TPSA) is 34.9 Å². The van der Waals surface area contributed by atoms with Crippen molar-refractivity contribution in [1.29, 1.82) is 0 Å². The molecule has 0 aliphatic carbocycles. The van der Waals surface area contributed by atoms with Gasteiger partial charge < -0.3 is 0 Å². The Labute approximate surface area is 116 Å². The minimum Gasteiger partial charge on any atom is -0.281 e. The van der Waals surface area contributed by atoms with Crippen molar-refractivity contribution in [1.82, 2.24) is 9.55 Å². The number of benzene rings is 1. The molecule has 1 heterocycles. The molecule has 108 valence electrons. The van der Waals surface area contributed by atoms with Crippen LogP contribution in [0.5, 0.6) is 0 Å².